The maximum atomic E-state index is 10.8. The second kappa shape index (κ2) is 3.42. The normalized spacial score (nSPS) is 15.8. The van der Waals surface area contributed by atoms with Crippen molar-refractivity contribution >= 4 is 5.97 Å². The second-order valence-electron chi connectivity index (χ2n) is 3.33. The molecule has 0 unspecified atom stereocenters. The molecule has 0 aromatic carbocycles. The molecule has 5 nitrogen and oxygen atoms in total. The smallest absolute Gasteiger partial charge is 0.373 e. The zero-order valence-electron chi connectivity index (χ0n) is 7.82. The Kier molecular flexibility index (Phi) is 2.25. The molecule has 0 spiro atoms. The highest BCUT2D eigenvalue weighted by Gasteiger charge is 2.33. The predicted octanol–water partition coefficient (Wildman–Crippen LogP) is 1.40. The van der Waals surface area contributed by atoms with Gasteiger partial charge >= 0.3 is 5.97 Å². The molecule has 2 rings (SSSR count). The van der Waals surface area contributed by atoms with Gasteiger partial charge in [0.15, 0.2) is 0 Å². The lowest BCUT2D eigenvalue weighted by Gasteiger charge is -1.89. The first-order valence-electron chi connectivity index (χ1n) is 4.44. The van der Waals surface area contributed by atoms with Crippen molar-refractivity contribution in [2.24, 2.45) is 0 Å². The van der Waals surface area contributed by atoms with Crippen molar-refractivity contribution in [3.8, 4) is 0 Å². The van der Waals surface area contributed by atoms with Gasteiger partial charge in [-0.05, 0) is 12.8 Å². The van der Waals surface area contributed by atoms with Crippen LogP contribution in [0.15, 0.2) is 4.42 Å². The lowest BCUT2D eigenvalue weighted by molar-refractivity contribution is 0.0652. The third-order valence-corrected chi connectivity index (χ3v) is 2.12. The molecule has 76 valence electrons. The first-order valence-corrected chi connectivity index (χ1v) is 4.44. The maximum Gasteiger partial charge on any atom is 0.373 e. The highest BCUT2D eigenvalue weighted by atomic mass is 16.5. The van der Waals surface area contributed by atoms with E-state index in [2.05, 4.69) is 4.98 Å². The van der Waals surface area contributed by atoms with Gasteiger partial charge in [-0.2, -0.15) is 0 Å². The van der Waals surface area contributed by atoms with Gasteiger partial charge in [-0.25, -0.2) is 9.78 Å². The lowest BCUT2D eigenvalue weighted by atomic mass is 10.2. The lowest BCUT2D eigenvalue weighted by Crippen LogP contribution is -1.98. The fourth-order valence-electron chi connectivity index (χ4n) is 1.35. The molecule has 1 aromatic heterocycles. The Balaban J connectivity index is 2.30. The molecule has 5 heteroatoms. The van der Waals surface area contributed by atoms with E-state index in [1.54, 1.807) is 0 Å². The van der Waals surface area contributed by atoms with E-state index in [-0.39, 0.29) is 18.3 Å². The minimum atomic E-state index is -1.05. The number of aromatic carboxylic acids is 1. The summed E-state index contributed by atoms with van der Waals surface area (Å²) in [5.41, 5.74) is 0.574. The van der Waals surface area contributed by atoms with Gasteiger partial charge in [-0.15, -0.1) is 0 Å². The highest BCUT2D eigenvalue weighted by Crippen LogP contribution is 2.41. The van der Waals surface area contributed by atoms with Crippen molar-refractivity contribution in [2.45, 2.75) is 25.4 Å². The van der Waals surface area contributed by atoms with Crippen LogP contribution in [0.3, 0.4) is 0 Å². The number of hydrogen-bond donors (Lipinski definition) is 1. The maximum absolute atomic E-state index is 10.8. The van der Waals surface area contributed by atoms with E-state index >= 15 is 0 Å². The molecule has 1 aromatic rings. The number of carbonyl (C=O) groups is 1. The van der Waals surface area contributed by atoms with Gasteiger partial charge in [0.25, 0.3) is 0 Å². The Bertz CT molecular complexity index is 354. The van der Waals surface area contributed by atoms with Gasteiger partial charge in [0.1, 0.15) is 6.61 Å². The van der Waals surface area contributed by atoms with Crippen molar-refractivity contribution in [1.82, 2.24) is 4.98 Å². The monoisotopic (exact) mass is 197 g/mol. The van der Waals surface area contributed by atoms with Crippen LogP contribution in [0.5, 0.6) is 0 Å². The number of ether oxygens (including phenoxy) is 1. The molecule has 0 radical (unpaired) electrons. The van der Waals surface area contributed by atoms with Crippen LogP contribution in [-0.2, 0) is 11.3 Å². The largest absolute Gasteiger partial charge is 0.475 e. The molecular weight excluding hydrogens is 186 g/mol. The standard InChI is InChI=1S/C9H11NO4/c1-13-4-6-10-7(5-2-3-5)8(14-6)9(11)12/h5H,2-4H2,1H3,(H,11,12). The molecule has 1 fully saturated rings. The molecule has 0 atom stereocenters. The summed E-state index contributed by atoms with van der Waals surface area (Å²) in [7, 11) is 1.52. The summed E-state index contributed by atoms with van der Waals surface area (Å²) in [6.07, 6.45) is 2.00. The second-order valence-corrected chi connectivity index (χ2v) is 3.33. The fourth-order valence-corrected chi connectivity index (χ4v) is 1.35. The fraction of sp³-hybridized carbons (Fsp3) is 0.556. The Morgan fingerprint density at radius 1 is 1.71 bits per heavy atom. The molecule has 1 heterocycles. The van der Waals surface area contributed by atoms with Gasteiger partial charge in [-0.1, -0.05) is 0 Å². The van der Waals surface area contributed by atoms with Crippen LogP contribution in [-0.4, -0.2) is 23.2 Å². The summed E-state index contributed by atoms with van der Waals surface area (Å²) >= 11 is 0. The minimum Gasteiger partial charge on any atom is -0.475 e. The van der Waals surface area contributed by atoms with Crippen molar-refractivity contribution in [1.29, 1.82) is 0 Å². The Labute approximate surface area is 80.7 Å². The molecule has 14 heavy (non-hydrogen) atoms. The van der Waals surface area contributed by atoms with Gasteiger partial charge < -0.3 is 14.3 Å². The van der Waals surface area contributed by atoms with E-state index < -0.39 is 5.97 Å². The summed E-state index contributed by atoms with van der Waals surface area (Å²) < 4.78 is 9.91. The summed E-state index contributed by atoms with van der Waals surface area (Å²) in [5, 5.41) is 8.85. The van der Waals surface area contributed by atoms with Crippen LogP contribution in [0.4, 0.5) is 0 Å². The van der Waals surface area contributed by atoms with Crippen LogP contribution in [0.1, 0.15) is 40.9 Å². The molecule has 1 aliphatic rings. The number of hydrogen-bond acceptors (Lipinski definition) is 4. The van der Waals surface area contributed by atoms with Crippen molar-refractivity contribution in [3.63, 3.8) is 0 Å². The van der Waals surface area contributed by atoms with Gasteiger partial charge in [0.05, 0.1) is 5.69 Å². The minimum absolute atomic E-state index is 0.0282. The van der Waals surface area contributed by atoms with Crippen LogP contribution in [0.2, 0.25) is 0 Å². The third-order valence-electron chi connectivity index (χ3n) is 2.12. The van der Waals surface area contributed by atoms with Crippen molar-refractivity contribution in [2.75, 3.05) is 7.11 Å². The molecule has 1 aliphatic carbocycles. The van der Waals surface area contributed by atoms with E-state index in [1.165, 1.54) is 7.11 Å². The topological polar surface area (TPSA) is 72.6 Å². The third kappa shape index (κ3) is 1.63. The summed E-state index contributed by atoms with van der Waals surface area (Å²) in [6.45, 7) is 0.215. The quantitative estimate of drug-likeness (QED) is 0.789. The number of methoxy groups -OCH3 is 1. The van der Waals surface area contributed by atoms with E-state index in [9.17, 15) is 4.79 Å². The van der Waals surface area contributed by atoms with Crippen LogP contribution in [0.25, 0.3) is 0 Å². The first kappa shape index (κ1) is 9.21. The molecule has 0 bridgehead atoms. The van der Waals surface area contributed by atoms with Gasteiger partial charge in [0, 0.05) is 13.0 Å². The summed E-state index contributed by atoms with van der Waals surface area (Å²) in [4.78, 5) is 14.9. The first-order chi connectivity index (χ1) is 6.72. The van der Waals surface area contributed by atoms with Crippen LogP contribution < -0.4 is 0 Å². The average Bonchev–Trinajstić information content (AvgIpc) is 2.88. The molecular formula is C9H11NO4. The number of aromatic nitrogens is 1. The highest BCUT2D eigenvalue weighted by molar-refractivity contribution is 5.85. The van der Waals surface area contributed by atoms with E-state index in [4.69, 9.17) is 14.3 Å². The van der Waals surface area contributed by atoms with Crippen LogP contribution >= 0.6 is 0 Å². The Hall–Kier alpha value is -1.36. The van der Waals surface area contributed by atoms with Crippen molar-refractivity contribution in [3.05, 3.63) is 17.3 Å². The number of carboxylic acids is 1. The molecule has 1 saturated carbocycles. The molecule has 0 amide bonds. The molecule has 1 N–H and O–H groups in total. The zero-order chi connectivity index (χ0) is 10.1. The number of rotatable bonds is 4. The van der Waals surface area contributed by atoms with Crippen molar-refractivity contribution < 1.29 is 19.1 Å². The molecule has 0 aliphatic heterocycles. The van der Waals surface area contributed by atoms with E-state index in [0.717, 1.165) is 12.8 Å². The molecule has 0 saturated heterocycles. The number of oxazole rings is 1. The van der Waals surface area contributed by atoms with Gasteiger partial charge in [0.2, 0.25) is 11.7 Å². The summed E-state index contributed by atoms with van der Waals surface area (Å²) in [6, 6.07) is 0. The van der Waals surface area contributed by atoms with E-state index in [0.29, 0.717) is 11.6 Å². The van der Waals surface area contributed by atoms with Crippen LogP contribution in [0, 0.1) is 0 Å². The Morgan fingerprint density at radius 2 is 2.43 bits per heavy atom. The van der Waals surface area contributed by atoms with E-state index in [1.807, 2.05) is 0 Å². The SMILES string of the molecule is COCc1nc(C2CC2)c(C(=O)O)o1. The number of nitrogens with zero attached hydrogens (tertiary/aromatic N) is 1. The van der Waals surface area contributed by atoms with Gasteiger partial charge in [-0.3, -0.25) is 0 Å². The average molecular weight is 197 g/mol. The summed E-state index contributed by atoms with van der Waals surface area (Å²) in [5.74, 6) is -0.469. The predicted molar refractivity (Wildman–Crippen MR) is 46.2 cm³/mol. The Morgan fingerprint density at radius 3 is 2.93 bits per heavy atom. The zero-order valence-corrected chi connectivity index (χ0v) is 7.82. The number of carboxylic acid groups (broad SMARTS) is 1.